The monoisotopic (exact) mass is 462 g/mol. The van der Waals surface area contributed by atoms with Crippen molar-refractivity contribution in [3.8, 4) is 11.5 Å². The third-order valence-corrected chi connectivity index (χ3v) is 7.13. The highest BCUT2D eigenvalue weighted by Gasteiger charge is 2.45. The number of benzene rings is 2. The van der Waals surface area contributed by atoms with Crippen LogP contribution in [0.4, 0.5) is 0 Å². The molecule has 2 heterocycles. The number of halogens is 2. The van der Waals surface area contributed by atoms with Crippen LogP contribution in [0.2, 0.25) is 10.0 Å². The van der Waals surface area contributed by atoms with Gasteiger partial charge in [-0.2, -0.15) is 0 Å². The van der Waals surface area contributed by atoms with Crippen LogP contribution >= 0.6 is 23.2 Å². The summed E-state index contributed by atoms with van der Waals surface area (Å²) in [6, 6.07) is 9.31. The third kappa shape index (κ3) is 4.29. The average Bonchev–Trinajstić information content (AvgIpc) is 3.28. The molecule has 31 heavy (non-hydrogen) atoms. The maximum atomic E-state index is 14.0. The van der Waals surface area contributed by atoms with Crippen molar-refractivity contribution in [2.24, 2.45) is 0 Å². The largest absolute Gasteiger partial charge is 0.493 e. The van der Waals surface area contributed by atoms with Gasteiger partial charge in [-0.25, -0.2) is 0 Å². The molecule has 0 bridgehead atoms. The van der Waals surface area contributed by atoms with Crippen molar-refractivity contribution >= 4 is 29.0 Å². The molecule has 0 saturated carbocycles. The smallest absolute Gasteiger partial charge is 0.164 e. The standard InChI is InChI=1S/C24H28Cl2N2O3/c1-30-21-8-6-18-17(23(21)31-2)9-10-27-24(18,15-28-11-3-4-12-28)22(29)14-16-5-7-19(25)20(26)13-16/h5-8,13,27H,3-4,9-12,14-15H2,1-2H3. The number of hydrogen-bond acceptors (Lipinski definition) is 5. The topological polar surface area (TPSA) is 50.8 Å². The zero-order valence-corrected chi connectivity index (χ0v) is 19.5. The Morgan fingerprint density at radius 2 is 1.87 bits per heavy atom. The molecular weight excluding hydrogens is 435 g/mol. The Hall–Kier alpha value is -1.79. The number of ketones is 1. The molecule has 1 unspecified atom stereocenters. The Morgan fingerprint density at radius 1 is 1.10 bits per heavy atom. The SMILES string of the molecule is COc1ccc2c(c1OC)CCNC2(CN1CCCC1)C(=O)Cc1ccc(Cl)c(Cl)c1. The van der Waals surface area contributed by atoms with Crippen molar-refractivity contribution in [2.75, 3.05) is 40.4 Å². The van der Waals surface area contributed by atoms with Crippen LogP contribution in [0.5, 0.6) is 11.5 Å². The highest BCUT2D eigenvalue weighted by Crippen LogP contribution is 2.41. The Bertz CT molecular complexity index is 976. The zero-order valence-electron chi connectivity index (χ0n) is 18.0. The normalized spacial score (nSPS) is 21.0. The van der Waals surface area contributed by atoms with Crippen LogP contribution in [0, 0.1) is 0 Å². The van der Waals surface area contributed by atoms with E-state index in [-0.39, 0.29) is 12.2 Å². The lowest BCUT2D eigenvalue weighted by Crippen LogP contribution is -2.59. The first kappa shape index (κ1) is 22.4. The maximum Gasteiger partial charge on any atom is 0.164 e. The van der Waals surface area contributed by atoms with E-state index in [1.54, 1.807) is 26.4 Å². The zero-order chi connectivity index (χ0) is 22.0. The molecule has 166 valence electrons. The Labute approximate surface area is 193 Å². The highest BCUT2D eigenvalue weighted by molar-refractivity contribution is 6.42. The molecule has 0 radical (unpaired) electrons. The predicted octanol–water partition coefficient (Wildman–Crippen LogP) is 4.26. The van der Waals surface area contributed by atoms with Gasteiger partial charge in [0.15, 0.2) is 17.3 Å². The van der Waals surface area contributed by atoms with Crippen molar-refractivity contribution in [1.29, 1.82) is 0 Å². The summed E-state index contributed by atoms with van der Waals surface area (Å²) in [4.78, 5) is 16.3. The number of fused-ring (bicyclic) bond motifs is 1. The summed E-state index contributed by atoms with van der Waals surface area (Å²) in [5.41, 5.74) is 2.06. The van der Waals surface area contributed by atoms with Crippen molar-refractivity contribution in [1.82, 2.24) is 10.2 Å². The number of carbonyl (C=O) groups excluding carboxylic acids is 1. The second-order valence-corrected chi connectivity index (χ2v) is 9.06. The number of Topliss-reactive ketones (excluding diaryl/α,β-unsaturated/α-hetero) is 1. The van der Waals surface area contributed by atoms with E-state index < -0.39 is 5.54 Å². The number of nitrogens with one attached hydrogen (secondary N) is 1. The van der Waals surface area contributed by atoms with Crippen molar-refractivity contribution in [2.45, 2.75) is 31.2 Å². The molecular formula is C24H28Cl2N2O3. The summed E-state index contributed by atoms with van der Waals surface area (Å²) >= 11 is 12.3. The minimum Gasteiger partial charge on any atom is -0.493 e. The molecule has 0 amide bonds. The number of likely N-dealkylation sites (tertiary alicyclic amines) is 1. The van der Waals surface area contributed by atoms with Gasteiger partial charge in [0.05, 0.1) is 24.3 Å². The van der Waals surface area contributed by atoms with Crippen molar-refractivity contribution < 1.29 is 14.3 Å². The van der Waals surface area contributed by atoms with Crippen LogP contribution < -0.4 is 14.8 Å². The van der Waals surface area contributed by atoms with E-state index >= 15 is 0 Å². The molecule has 1 atom stereocenters. The van der Waals surface area contributed by atoms with Crippen LogP contribution in [0.15, 0.2) is 30.3 Å². The first-order chi connectivity index (χ1) is 15.0. The lowest BCUT2D eigenvalue weighted by atomic mass is 9.76. The number of nitrogens with zero attached hydrogens (tertiary/aromatic N) is 1. The lowest BCUT2D eigenvalue weighted by molar-refractivity contribution is -0.126. The van der Waals surface area contributed by atoms with E-state index in [0.29, 0.717) is 28.9 Å². The summed E-state index contributed by atoms with van der Waals surface area (Å²) in [5.74, 6) is 1.52. The first-order valence-electron chi connectivity index (χ1n) is 10.7. The molecule has 2 aliphatic heterocycles. The molecule has 1 N–H and O–H groups in total. The van der Waals surface area contributed by atoms with Gasteiger partial charge >= 0.3 is 0 Å². The summed E-state index contributed by atoms with van der Waals surface area (Å²) in [6.45, 7) is 3.34. The quantitative estimate of drug-likeness (QED) is 0.665. The Kier molecular flexibility index (Phi) is 6.77. The van der Waals surface area contributed by atoms with Crippen LogP contribution in [-0.4, -0.2) is 51.1 Å². The van der Waals surface area contributed by atoms with Gasteiger partial charge in [0, 0.05) is 25.1 Å². The van der Waals surface area contributed by atoms with Crippen LogP contribution in [-0.2, 0) is 23.2 Å². The fourth-order valence-electron chi connectivity index (χ4n) is 4.88. The third-order valence-electron chi connectivity index (χ3n) is 6.39. The fraction of sp³-hybridized carbons (Fsp3) is 0.458. The second kappa shape index (κ2) is 9.37. The van der Waals surface area contributed by atoms with E-state index in [0.717, 1.165) is 54.8 Å². The minimum absolute atomic E-state index is 0.117. The number of methoxy groups -OCH3 is 2. The molecule has 2 aromatic carbocycles. The van der Waals surface area contributed by atoms with Gasteiger partial charge in [0.1, 0.15) is 5.54 Å². The summed E-state index contributed by atoms with van der Waals surface area (Å²) in [5, 5.41) is 4.55. The van der Waals surface area contributed by atoms with E-state index in [4.69, 9.17) is 32.7 Å². The average molecular weight is 463 g/mol. The minimum atomic E-state index is -0.816. The molecule has 2 aliphatic rings. The van der Waals surface area contributed by atoms with Gasteiger partial charge in [-0.1, -0.05) is 35.3 Å². The number of ether oxygens (including phenoxy) is 2. The molecule has 7 heteroatoms. The van der Waals surface area contributed by atoms with Gasteiger partial charge in [0.2, 0.25) is 0 Å². The number of rotatable bonds is 7. The van der Waals surface area contributed by atoms with Crippen molar-refractivity contribution in [3.63, 3.8) is 0 Å². The van der Waals surface area contributed by atoms with Crippen LogP contribution in [0.1, 0.15) is 29.5 Å². The maximum absolute atomic E-state index is 14.0. The molecule has 0 aliphatic carbocycles. The van der Waals surface area contributed by atoms with Crippen LogP contribution in [0.25, 0.3) is 0 Å². The van der Waals surface area contributed by atoms with Gasteiger partial charge in [-0.05, 0) is 61.7 Å². The summed E-state index contributed by atoms with van der Waals surface area (Å²) < 4.78 is 11.2. The van der Waals surface area contributed by atoms with Crippen LogP contribution in [0.3, 0.4) is 0 Å². The molecule has 1 saturated heterocycles. The lowest BCUT2D eigenvalue weighted by Gasteiger charge is -2.42. The molecule has 0 spiro atoms. The second-order valence-electron chi connectivity index (χ2n) is 8.24. The van der Waals surface area contributed by atoms with E-state index in [1.165, 1.54) is 0 Å². The Morgan fingerprint density at radius 3 is 2.55 bits per heavy atom. The first-order valence-corrected chi connectivity index (χ1v) is 11.4. The van der Waals surface area contributed by atoms with E-state index in [2.05, 4.69) is 10.2 Å². The molecule has 1 fully saturated rings. The van der Waals surface area contributed by atoms with Crippen molar-refractivity contribution in [3.05, 3.63) is 57.1 Å². The molecule has 5 nitrogen and oxygen atoms in total. The highest BCUT2D eigenvalue weighted by atomic mass is 35.5. The molecule has 2 aromatic rings. The van der Waals surface area contributed by atoms with Gasteiger partial charge in [-0.15, -0.1) is 0 Å². The van der Waals surface area contributed by atoms with Gasteiger partial charge < -0.3 is 14.4 Å². The Balaban J connectivity index is 1.77. The number of hydrogen-bond donors (Lipinski definition) is 1. The van der Waals surface area contributed by atoms with E-state index in [1.807, 2.05) is 18.2 Å². The predicted molar refractivity (Wildman–Crippen MR) is 124 cm³/mol. The van der Waals surface area contributed by atoms with Gasteiger partial charge in [0.25, 0.3) is 0 Å². The summed E-state index contributed by atoms with van der Waals surface area (Å²) in [7, 11) is 3.29. The van der Waals surface area contributed by atoms with Gasteiger partial charge in [-0.3, -0.25) is 10.1 Å². The fourth-order valence-corrected chi connectivity index (χ4v) is 5.20. The molecule has 0 aromatic heterocycles. The summed E-state index contributed by atoms with van der Waals surface area (Å²) in [6.07, 6.45) is 3.37. The molecule has 4 rings (SSSR count). The number of carbonyl (C=O) groups is 1. The van der Waals surface area contributed by atoms with E-state index in [9.17, 15) is 4.79 Å².